The molecule has 2 aromatic carbocycles. The van der Waals surface area contributed by atoms with Gasteiger partial charge in [0.15, 0.2) is 0 Å². The van der Waals surface area contributed by atoms with Crippen LogP contribution in [0.4, 0.5) is 11.4 Å². The fraction of sp³-hybridized carbons (Fsp3) is 0.222. The number of aryl methyl sites for hydroxylation is 1. The predicted octanol–water partition coefficient (Wildman–Crippen LogP) is 3.58. The lowest BCUT2D eigenvalue weighted by molar-refractivity contribution is -0.384. The van der Waals surface area contributed by atoms with Crippen molar-refractivity contribution in [3.63, 3.8) is 0 Å². The van der Waals surface area contributed by atoms with E-state index < -0.39 is 4.92 Å². The average molecular weight is 370 g/mol. The fourth-order valence-corrected chi connectivity index (χ4v) is 2.50. The third-order valence-electron chi connectivity index (χ3n) is 3.98. The molecule has 0 amide bonds. The van der Waals surface area contributed by atoms with Crippen LogP contribution in [-0.4, -0.2) is 29.3 Å². The Morgan fingerprint density at radius 1 is 1.19 bits per heavy atom. The minimum atomic E-state index is -0.439. The van der Waals surface area contributed by atoms with Crippen LogP contribution in [0.2, 0.25) is 0 Å². The first-order valence-corrected chi connectivity index (χ1v) is 8.05. The van der Waals surface area contributed by atoms with Crippen molar-refractivity contribution in [2.75, 3.05) is 19.5 Å². The largest absolute Gasteiger partial charge is 0.497 e. The lowest BCUT2D eigenvalue weighted by Gasteiger charge is -2.07. The molecule has 27 heavy (non-hydrogen) atoms. The quantitative estimate of drug-likeness (QED) is 0.496. The van der Waals surface area contributed by atoms with E-state index >= 15 is 0 Å². The number of anilines is 1. The lowest BCUT2D eigenvalue weighted by atomic mass is 10.2. The van der Waals surface area contributed by atoms with E-state index in [9.17, 15) is 10.1 Å². The summed E-state index contributed by atoms with van der Waals surface area (Å²) in [4.78, 5) is 14.8. The Morgan fingerprint density at radius 3 is 2.70 bits per heavy atom. The fourth-order valence-electron chi connectivity index (χ4n) is 2.50. The van der Waals surface area contributed by atoms with Gasteiger partial charge in [-0.3, -0.25) is 10.1 Å². The van der Waals surface area contributed by atoms with Crippen molar-refractivity contribution in [3.05, 3.63) is 58.0 Å². The summed E-state index contributed by atoms with van der Waals surface area (Å²) in [6.07, 6.45) is 0. The number of nitro groups is 1. The SMILES string of the molecule is COc1ccc(-c2noc(CNc3cc([N+](=O)[O-])ccc3C)n2)c(OC)c1. The first-order valence-electron chi connectivity index (χ1n) is 8.05. The Hall–Kier alpha value is -3.62. The van der Waals surface area contributed by atoms with E-state index in [1.165, 1.54) is 12.1 Å². The predicted molar refractivity (Wildman–Crippen MR) is 98.0 cm³/mol. The topological polar surface area (TPSA) is 113 Å². The van der Waals surface area contributed by atoms with E-state index in [2.05, 4.69) is 15.5 Å². The third-order valence-corrected chi connectivity index (χ3v) is 3.98. The van der Waals surface area contributed by atoms with E-state index in [0.717, 1.165) is 5.56 Å². The number of benzene rings is 2. The van der Waals surface area contributed by atoms with Crippen LogP contribution in [-0.2, 0) is 6.54 Å². The van der Waals surface area contributed by atoms with E-state index in [1.807, 2.05) is 6.92 Å². The van der Waals surface area contributed by atoms with Gasteiger partial charge in [-0.15, -0.1) is 0 Å². The number of nitro benzene ring substituents is 1. The molecule has 3 rings (SSSR count). The molecule has 0 bridgehead atoms. The molecule has 1 N–H and O–H groups in total. The van der Waals surface area contributed by atoms with Crippen molar-refractivity contribution in [2.45, 2.75) is 13.5 Å². The Balaban J connectivity index is 1.78. The summed E-state index contributed by atoms with van der Waals surface area (Å²) < 4.78 is 15.8. The van der Waals surface area contributed by atoms with Crippen LogP contribution >= 0.6 is 0 Å². The molecule has 0 atom stereocenters. The highest BCUT2D eigenvalue weighted by molar-refractivity contribution is 5.65. The number of nitrogens with one attached hydrogen (secondary N) is 1. The lowest BCUT2D eigenvalue weighted by Crippen LogP contribution is -2.02. The second kappa shape index (κ2) is 7.73. The molecule has 0 saturated heterocycles. The van der Waals surface area contributed by atoms with Gasteiger partial charge in [-0.25, -0.2) is 0 Å². The molecule has 0 fully saturated rings. The average Bonchev–Trinajstić information content (AvgIpc) is 3.15. The van der Waals surface area contributed by atoms with Gasteiger partial charge >= 0.3 is 0 Å². The van der Waals surface area contributed by atoms with E-state index in [-0.39, 0.29) is 12.2 Å². The zero-order valence-electron chi connectivity index (χ0n) is 15.1. The number of methoxy groups -OCH3 is 2. The standard InChI is InChI=1S/C18H18N4O5/c1-11-4-5-12(22(23)24)8-15(11)19-10-17-20-18(21-27-17)14-7-6-13(25-2)9-16(14)26-3/h4-9,19H,10H2,1-3H3. The molecule has 0 aliphatic heterocycles. The summed E-state index contributed by atoms with van der Waals surface area (Å²) in [6.45, 7) is 2.08. The van der Waals surface area contributed by atoms with Gasteiger partial charge in [0.25, 0.3) is 5.69 Å². The minimum absolute atomic E-state index is 0.0114. The smallest absolute Gasteiger partial charge is 0.271 e. The van der Waals surface area contributed by atoms with Crippen molar-refractivity contribution in [1.29, 1.82) is 0 Å². The Labute approximate surface area is 155 Å². The molecule has 0 unspecified atom stereocenters. The van der Waals surface area contributed by atoms with Gasteiger partial charge in [-0.05, 0) is 24.6 Å². The summed E-state index contributed by atoms with van der Waals surface area (Å²) >= 11 is 0. The van der Waals surface area contributed by atoms with Gasteiger partial charge < -0.3 is 19.3 Å². The Kier molecular flexibility index (Phi) is 5.20. The van der Waals surface area contributed by atoms with Crippen LogP contribution in [0.1, 0.15) is 11.5 Å². The van der Waals surface area contributed by atoms with E-state index in [4.69, 9.17) is 14.0 Å². The summed E-state index contributed by atoms with van der Waals surface area (Å²) in [5.41, 5.74) is 2.18. The third kappa shape index (κ3) is 3.97. The zero-order valence-corrected chi connectivity index (χ0v) is 15.1. The number of aromatic nitrogens is 2. The maximum atomic E-state index is 10.9. The normalized spacial score (nSPS) is 10.5. The summed E-state index contributed by atoms with van der Waals surface area (Å²) in [6, 6.07) is 9.90. The van der Waals surface area contributed by atoms with Crippen LogP contribution in [0.3, 0.4) is 0 Å². The van der Waals surface area contributed by atoms with Crippen LogP contribution in [0.15, 0.2) is 40.9 Å². The molecule has 9 nitrogen and oxygen atoms in total. The van der Waals surface area contributed by atoms with Gasteiger partial charge in [0.1, 0.15) is 11.5 Å². The van der Waals surface area contributed by atoms with Crippen molar-refractivity contribution >= 4 is 11.4 Å². The monoisotopic (exact) mass is 370 g/mol. The number of non-ortho nitro benzene ring substituents is 1. The molecule has 140 valence electrons. The maximum absolute atomic E-state index is 10.9. The second-order valence-corrected chi connectivity index (χ2v) is 5.69. The molecule has 1 aromatic heterocycles. The van der Waals surface area contributed by atoms with Gasteiger partial charge in [0, 0.05) is 23.9 Å². The molecule has 0 aliphatic carbocycles. The Morgan fingerprint density at radius 2 is 2.00 bits per heavy atom. The van der Waals surface area contributed by atoms with Crippen molar-refractivity contribution < 1.29 is 18.9 Å². The molecule has 9 heteroatoms. The molecule has 0 aliphatic rings. The van der Waals surface area contributed by atoms with Crippen molar-refractivity contribution in [2.24, 2.45) is 0 Å². The Bertz CT molecular complexity index is 970. The molecule has 1 heterocycles. The van der Waals surface area contributed by atoms with Crippen molar-refractivity contribution in [1.82, 2.24) is 10.1 Å². The first-order chi connectivity index (χ1) is 13.0. The molecule has 0 radical (unpaired) electrons. The summed E-state index contributed by atoms with van der Waals surface area (Å²) in [5, 5.41) is 18.0. The number of hydrogen-bond donors (Lipinski definition) is 1. The van der Waals surface area contributed by atoms with Crippen LogP contribution in [0, 0.1) is 17.0 Å². The number of rotatable bonds is 7. The number of nitrogens with zero attached hydrogens (tertiary/aromatic N) is 3. The number of ether oxygens (including phenoxy) is 2. The van der Waals surface area contributed by atoms with Crippen LogP contribution in [0.25, 0.3) is 11.4 Å². The zero-order chi connectivity index (χ0) is 19.4. The van der Waals surface area contributed by atoms with Gasteiger partial charge in [0.05, 0.1) is 31.3 Å². The molecule has 0 saturated carbocycles. The summed E-state index contributed by atoms with van der Waals surface area (Å²) in [7, 11) is 3.12. The highest BCUT2D eigenvalue weighted by atomic mass is 16.6. The van der Waals surface area contributed by atoms with Gasteiger partial charge in [-0.1, -0.05) is 11.2 Å². The van der Waals surface area contributed by atoms with Crippen molar-refractivity contribution in [3.8, 4) is 22.9 Å². The van der Waals surface area contributed by atoms with Crippen LogP contribution < -0.4 is 14.8 Å². The van der Waals surface area contributed by atoms with Crippen LogP contribution in [0.5, 0.6) is 11.5 Å². The van der Waals surface area contributed by atoms with Gasteiger partial charge in [0.2, 0.25) is 11.7 Å². The second-order valence-electron chi connectivity index (χ2n) is 5.69. The molecular formula is C18H18N4O5. The molecular weight excluding hydrogens is 352 g/mol. The minimum Gasteiger partial charge on any atom is -0.497 e. The highest BCUT2D eigenvalue weighted by Gasteiger charge is 2.15. The molecule has 3 aromatic rings. The van der Waals surface area contributed by atoms with E-state index in [0.29, 0.717) is 34.5 Å². The maximum Gasteiger partial charge on any atom is 0.271 e. The molecule has 0 spiro atoms. The van der Waals surface area contributed by atoms with Gasteiger partial charge in [-0.2, -0.15) is 4.98 Å². The first kappa shape index (κ1) is 18.2. The van der Waals surface area contributed by atoms with E-state index in [1.54, 1.807) is 38.5 Å². The highest BCUT2D eigenvalue weighted by Crippen LogP contribution is 2.31. The number of hydrogen-bond acceptors (Lipinski definition) is 8. The summed E-state index contributed by atoms with van der Waals surface area (Å²) in [5.74, 6) is 1.93.